The largest absolute Gasteiger partial charge is 0.490 e. The first kappa shape index (κ1) is 23.2. The minimum Gasteiger partial charge on any atom is -0.490 e. The van der Waals surface area contributed by atoms with Crippen molar-refractivity contribution in [2.75, 3.05) is 13.2 Å². The van der Waals surface area contributed by atoms with E-state index < -0.39 is 5.72 Å². The van der Waals surface area contributed by atoms with Gasteiger partial charge in [-0.3, -0.25) is 10.5 Å². The van der Waals surface area contributed by atoms with Crippen molar-refractivity contribution in [3.05, 3.63) is 77.6 Å². The molecule has 3 N–H and O–H groups in total. The quantitative estimate of drug-likeness (QED) is 0.202. The summed E-state index contributed by atoms with van der Waals surface area (Å²) in [6.07, 6.45) is 10.8. The predicted octanol–water partition coefficient (Wildman–Crippen LogP) is 3.80. The number of hydrogen-bond donors (Lipinski definition) is 2. The molecule has 0 amide bonds. The van der Waals surface area contributed by atoms with Crippen LogP contribution in [0.3, 0.4) is 0 Å². The van der Waals surface area contributed by atoms with E-state index in [2.05, 4.69) is 33.6 Å². The molecule has 34 heavy (non-hydrogen) atoms. The number of rotatable bonds is 10. The summed E-state index contributed by atoms with van der Waals surface area (Å²) in [4.78, 5) is 13.0. The maximum absolute atomic E-state index is 13.0. The summed E-state index contributed by atoms with van der Waals surface area (Å²) in [5.41, 5.74) is 6.04. The molecule has 0 aliphatic carbocycles. The number of hydrogen-bond acceptors (Lipinski definition) is 8. The number of aromatic nitrogens is 4. The molecule has 9 nitrogen and oxygen atoms in total. The Morgan fingerprint density at radius 1 is 1.24 bits per heavy atom. The third-order valence-corrected chi connectivity index (χ3v) is 5.26. The smallest absolute Gasteiger partial charge is 0.254 e. The zero-order chi connectivity index (χ0) is 23.8. The van der Waals surface area contributed by atoms with E-state index in [0.717, 1.165) is 17.7 Å². The van der Waals surface area contributed by atoms with Crippen molar-refractivity contribution in [3.8, 4) is 17.2 Å². The molecule has 0 saturated carbocycles. The minimum atomic E-state index is -1.43. The molecular formula is C25H27N5O4. The molecule has 0 bridgehead atoms. The van der Waals surface area contributed by atoms with Gasteiger partial charge < -0.3 is 14.2 Å². The van der Waals surface area contributed by atoms with Gasteiger partial charge in [0.2, 0.25) is 5.82 Å². The van der Waals surface area contributed by atoms with Gasteiger partial charge in [0.1, 0.15) is 19.0 Å². The number of ether oxygens (including phenoxy) is 3. The van der Waals surface area contributed by atoms with Crippen LogP contribution in [0.5, 0.6) is 17.2 Å². The maximum atomic E-state index is 13.0. The molecule has 1 atom stereocenters. The molecule has 2 aromatic carbocycles. The summed E-state index contributed by atoms with van der Waals surface area (Å²) >= 11 is 0. The van der Waals surface area contributed by atoms with Crippen molar-refractivity contribution in [1.29, 1.82) is 0 Å². The lowest BCUT2D eigenvalue weighted by molar-refractivity contribution is -0.0154. The van der Waals surface area contributed by atoms with Crippen molar-refractivity contribution in [2.45, 2.75) is 31.9 Å². The lowest BCUT2D eigenvalue weighted by atomic mass is 10.1. The molecule has 9 heteroatoms. The number of nitrogens with two attached hydrogens (primary N) is 1. The summed E-state index contributed by atoms with van der Waals surface area (Å²) in [5, 5.41) is 13.5. The fourth-order valence-corrected chi connectivity index (χ4v) is 3.37. The van der Waals surface area contributed by atoms with Crippen molar-refractivity contribution >= 4 is 11.9 Å². The van der Waals surface area contributed by atoms with Crippen LogP contribution in [0.25, 0.3) is 6.08 Å². The lowest BCUT2D eigenvalue weighted by Crippen LogP contribution is -2.51. The number of nitrogens with one attached hydrogen (secondary N) is 1. The number of ketones is 1. The second-order valence-electron chi connectivity index (χ2n) is 7.85. The van der Waals surface area contributed by atoms with E-state index in [1.807, 2.05) is 30.3 Å². The standard InChI is InChI=1S/C25H27N5O4/c1-2-3-4-5-6-16-32-19-13-10-18(11-14-19)12-15-21(31)20-8-7-9-22-23(20)34-25(26,17-33-22)24-27-29-30-28-24/h5-15H,2-4,16-17,26H2,1H3,(H,27,28,29,30)/b6-5+,15-12?. The normalized spacial score (nSPS) is 17.4. The highest BCUT2D eigenvalue weighted by Gasteiger charge is 2.40. The molecule has 0 spiro atoms. The van der Waals surface area contributed by atoms with Crippen molar-refractivity contribution in [3.63, 3.8) is 0 Å². The van der Waals surface area contributed by atoms with Gasteiger partial charge in [-0.1, -0.05) is 56.2 Å². The van der Waals surface area contributed by atoms with Crippen LogP contribution < -0.4 is 19.9 Å². The average molecular weight is 462 g/mol. The summed E-state index contributed by atoms with van der Waals surface area (Å²) in [5.74, 6) is 1.40. The van der Waals surface area contributed by atoms with Crippen LogP contribution in [0.4, 0.5) is 0 Å². The van der Waals surface area contributed by atoms with E-state index in [9.17, 15) is 4.79 Å². The molecule has 1 aliphatic rings. The molecule has 2 heterocycles. The number of unbranched alkanes of at least 4 members (excludes halogenated alkanes) is 2. The van der Waals surface area contributed by atoms with E-state index in [1.165, 1.54) is 18.9 Å². The molecule has 0 radical (unpaired) electrons. The Kier molecular flexibility index (Phi) is 7.34. The number of para-hydroxylation sites is 1. The van der Waals surface area contributed by atoms with Gasteiger partial charge in [-0.25, -0.2) is 5.10 Å². The maximum Gasteiger partial charge on any atom is 0.254 e. The van der Waals surface area contributed by atoms with Crippen molar-refractivity contribution < 1.29 is 19.0 Å². The zero-order valence-corrected chi connectivity index (χ0v) is 18.9. The Bertz CT molecular complexity index is 1160. The molecule has 1 aromatic heterocycles. The highest BCUT2D eigenvalue weighted by atomic mass is 16.6. The molecule has 1 aliphatic heterocycles. The zero-order valence-electron chi connectivity index (χ0n) is 18.9. The van der Waals surface area contributed by atoms with E-state index in [0.29, 0.717) is 17.9 Å². The van der Waals surface area contributed by atoms with Crippen LogP contribution in [-0.4, -0.2) is 39.6 Å². The Hall–Kier alpha value is -3.98. The third-order valence-electron chi connectivity index (χ3n) is 5.26. The number of benzene rings is 2. The van der Waals surface area contributed by atoms with Crippen molar-refractivity contribution in [1.82, 2.24) is 20.6 Å². The highest BCUT2D eigenvalue weighted by molar-refractivity contribution is 6.09. The SMILES string of the molecule is CCCC/C=C/COc1ccc(C=CC(=O)c2cccc3c2OC(N)(c2nnn[nH]2)CO3)cc1. The van der Waals surface area contributed by atoms with Gasteiger partial charge >= 0.3 is 0 Å². The van der Waals surface area contributed by atoms with Crippen LogP contribution in [0.2, 0.25) is 0 Å². The molecular weight excluding hydrogens is 434 g/mol. The first-order valence-electron chi connectivity index (χ1n) is 11.2. The molecule has 176 valence electrons. The molecule has 0 saturated heterocycles. The summed E-state index contributed by atoms with van der Waals surface area (Å²) in [6.45, 7) is 2.70. The molecule has 4 rings (SSSR count). The Morgan fingerprint density at radius 2 is 2.09 bits per heavy atom. The Balaban J connectivity index is 1.41. The average Bonchev–Trinajstić information content (AvgIpc) is 3.41. The molecule has 0 fully saturated rings. The van der Waals surface area contributed by atoms with Crippen LogP contribution >= 0.6 is 0 Å². The van der Waals surface area contributed by atoms with Crippen molar-refractivity contribution in [2.24, 2.45) is 5.73 Å². The highest BCUT2D eigenvalue weighted by Crippen LogP contribution is 2.39. The number of nitrogens with zero attached hydrogens (tertiary/aromatic N) is 3. The molecule has 3 aromatic rings. The number of carbonyl (C=O) groups is 1. The van der Waals surface area contributed by atoms with E-state index in [-0.39, 0.29) is 24.0 Å². The third kappa shape index (κ3) is 5.49. The second-order valence-corrected chi connectivity index (χ2v) is 7.85. The van der Waals surface area contributed by atoms with Gasteiger partial charge in [-0.15, -0.1) is 5.10 Å². The van der Waals surface area contributed by atoms with Gasteiger partial charge in [0.15, 0.2) is 17.3 Å². The van der Waals surface area contributed by atoms with Gasteiger partial charge in [-0.2, -0.15) is 0 Å². The van der Waals surface area contributed by atoms with Crippen LogP contribution in [0.15, 0.2) is 60.7 Å². The Labute approximate surface area is 197 Å². The monoisotopic (exact) mass is 461 g/mol. The fraction of sp³-hybridized carbons (Fsp3) is 0.280. The first-order valence-corrected chi connectivity index (χ1v) is 11.2. The van der Waals surface area contributed by atoms with Crippen LogP contribution in [0.1, 0.15) is 47.9 Å². The fourth-order valence-electron chi connectivity index (χ4n) is 3.37. The van der Waals surface area contributed by atoms with Gasteiger partial charge in [-0.05, 0) is 52.8 Å². The molecule has 1 unspecified atom stereocenters. The number of fused-ring (bicyclic) bond motifs is 1. The number of allylic oxidation sites excluding steroid dienone is 2. The number of H-pyrrole nitrogens is 1. The van der Waals surface area contributed by atoms with E-state index in [4.69, 9.17) is 19.9 Å². The number of aromatic amines is 1. The van der Waals surface area contributed by atoms with E-state index >= 15 is 0 Å². The first-order chi connectivity index (χ1) is 16.6. The topological polar surface area (TPSA) is 125 Å². The lowest BCUT2D eigenvalue weighted by Gasteiger charge is -2.33. The van der Waals surface area contributed by atoms with Gasteiger partial charge in [0, 0.05) is 0 Å². The van der Waals surface area contributed by atoms with Gasteiger partial charge in [0.25, 0.3) is 5.72 Å². The Morgan fingerprint density at radius 3 is 2.85 bits per heavy atom. The summed E-state index contributed by atoms with van der Waals surface area (Å²) in [7, 11) is 0. The predicted molar refractivity (Wildman–Crippen MR) is 127 cm³/mol. The number of tetrazole rings is 1. The van der Waals surface area contributed by atoms with Crippen LogP contribution in [0, 0.1) is 0 Å². The summed E-state index contributed by atoms with van der Waals surface area (Å²) in [6, 6.07) is 12.6. The minimum absolute atomic E-state index is 0.00664. The number of carbonyl (C=O) groups excluding carboxylic acids is 1. The van der Waals surface area contributed by atoms with Crippen LogP contribution in [-0.2, 0) is 5.72 Å². The van der Waals surface area contributed by atoms with E-state index in [1.54, 1.807) is 24.3 Å². The van der Waals surface area contributed by atoms with Gasteiger partial charge in [0.05, 0.1) is 5.56 Å². The second kappa shape index (κ2) is 10.8. The summed E-state index contributed by atoms with van der Waals surface area (Å²) < 4.78 is 17.4.